The molecule has 0 aliphatic carbocycles. The van der Waals surface area contributed by atoms with E-state index >= 15 is 0 Å². The van der Waals surface area contributed by atoms with Gasteiger partial charge in [-0.15, -0.1) is 0 Å². The minimum Gasteiger partial charge on any atom is -0.355 e. The van der Waals surface area contributed by atoms with Crippen LogP contribution in [0.15, 0.2) is 36.5 Å². The number of benzene rings is 1. The predicted molar refractivity (Wildman–Crippen MR) is 108 cm³/mol. The van der Waals surface area contributed by atoms with E-state index in [0.29, 0.717) is 34.3 Å². The van der Waals surface area contributed by atoms with Gasteiger partial charge in [-0.05, 0) is 32.0 Å². The van der Waals surface area contributed by atoms with Gasteiger partial charge in [0.05, 0.1) is 33.9 Å². The van der Waals surface area contributed by atoms with E-state index in [9.17, 15) is 9.18 Å². The summed E-state index contributed by atoms with van der Waals surface area (Å²) in [4.78, 5) is 16.3. The lowest BCUT2D eigenvalue weighted by atomic mass is 10.1. The standard InChI is InChI=1S/C19H20ClFN6O/c1-4-27-18(7-11(2)26-27)25-17-9-16(14(20)10-23-17)24-15-8-12(21)5-6-13(15)19(28)22-3/h5-10H,4H2,1-3H3,(H,22,28)(H2,23,24,25). The molecule has 0 unspecified atom stereocenters. The third-order valence-corrected chi connectivity index (χ3v) is 4.34. The van der Waals surface area contributed by atoms with E-state index in [1.165, 1.54) is 31.4 Å². The van der Waals surface area contributed by atoms with Crippen molar-refractivity contribution in [3.05, 3.63) is 58.6 Å². The number of amides is 1. The second-order valence-corrected chi connectivity index (χ2v) is 6.46. The van der Waals surface area contributed by atoms with Gasteiger partial charge >= 0.3 is 0 Å². The van der Waals surface area contributed by atoms with Crippen molar-refractivity contribution in [2.24, 2.45) is 0 Å². The number of hydrogen-bond donors (Lipinski definition) is 3. The number of rotatable bonds is 6. The topological polar surface area (TPSA) is 83.9 Å². The maximum Gasteiger partial charge on any atom is 0.253 e. The molecule has 3 aromatic rings. The highest BCUT2D eigenvalue weighted by Crippen LogP contribution is 2.30. The van der Waals surface area contributed by atoms with E-state index in [1.54, 1.807) is 6.07 Å². The molecule has 0 saturated carbocycles. The Hall–Kier alpha value is -3.13. The Morgan fingerprint density at radius 3 is 2.71 bits per heavy atom. The number of nitrogens with one attached hydrogen (secondary N) is 3. The van der Waals surface area contributed by atoms with Crippen LogP contribution in [-0.2, 0) is 6.54 Å². The number of carbonyl (C=O) groups excluding carboxylic acids is 1. The van der Waals surface area contributed by atoms with Crippen molar-refractivity contribution in [3.8, 4) is 0 Å². The van der Waals surface area contributed by atoms with Gasteiger partial charge in [0.1, 0.15) is 17.5 Å². The van der Waals surface area contributed by atoms with Gasteiger partial charge in [-0.25, -0.2) is 14.1 Å². The number of aryl methyl sites for hydroxylation is 2. The summed E-state index contributed by atoms with van der Waals surface area (Å²) >= 11 is 6.25. The monoisotopic (exact) mass is 402 g/mol. The quantitative estimate of drug-likeness (QED) is 0.574. The molecule has 0 radical (unpaired) electrons. The number of hydrogen-bond acceptors (Lipinski definition) is 5. The number of anilines is 4. The first-order valence-corrected chi connectivity index (χ1v) is 9.04. The van der Waals surface area contributed by atoms with Crippen LogP contribution in [0.4, 0.5) is 27.4 Å². The number of aromatic nitrogens is 3. The maximum atomic E-state index is 13.7. The van der Waals surface area contributed by atoms with E-state index in [2.05, 4.69) is 26.0 Å². The van der Waals surface area contributed by atoms with Crippen LogP contribution >= 0.6 is 11.6 Å². The summed E-state index contributed by atoms with van der Waals surface area (Å²) in [7, 11) is 1.51. The molecular formula is C19H20ClFN6O. The number of carbonyl (C=O) groups is 1. The van der Waals surface area contributed by atoms with E-state index < -0.39 is 5.82 Å². The summed E-state index contributed by atoms with van der Waals surface area (Å²) in [6.45, 7) is 4.60. The minimum atomic E-state index is -0.471. The molecule has 3 N–H and O–H groups in total. The lowest BCUT2D eigenvalue weighted by Gasteiger charge is -2.14. The molecule has 7 nitrogen and oxygen atoms in total. The fourth-order valence-electron chi connectivity index (χ4n) is 2.72. The fraction of sp³-hybridized carbons (Fsp3) is 0.211. The Labute approximate surface area is 166 Å². The van der Waals surface area contributed by atoms with Crippen molar-refractivity contribution in [1.82, 2.24) is 20.1 Å². The molecule has 0 spiro atoms. The number of halogens is 2. The van der Waals surface area contributed by atoms with Gasteiger partial charge < -0.3 is 16.0 Å². The smallest absolute Gasteiger partial charge is 0.253 e. The highest BCUT2D eigenvalue weighted by Gasteiger charge is 2.14. The molecule has 0 saturated heterocycles. The van der Waals surface area contributed by atoms with Crippen LogP contribution in [0.2, 0.25) is 5.02 Å². The van der Waals surface area contributed by atoms with Crippen molar-refractivity contribution >= 4 is 40.5 Å². The van der Waals surface area contributed by atoms with Crippen molar-refractivity contribution in [1.29, 1.82) is 0 Å². The Morgan fingerprint density at radius 2 is 2.00 bits per heavy atom. The Balaban J connectivity index is 1.93. The number of pyridine rings is 1. The SMILES string of the molecule is CCn1nc(C)cc1Nc1cc(Nc2cc(F)ccc2C(=O)NC)c(Cl)cn1. The summed E-state index contributed by atoms with van der Waals surface area (Å²) in [6.07, 6.45) is 1.48. The van der Waals surface area contributed by atoms with Crippen molar-refractivity contribution < 1.29 is 9.18 Å². The zero-order chi connectivity index (χ0) is 20.3. The summed E-state index contributed by atoms with van der Waals surface area (Å²) < 4.78 is 15.5. The van der Waals surface area contributed by atoms with Gasteiger partial charge in [-0.3, -0.25) is 4.79 Å². The minimum absolute atomic E-state index is 0.297. The van der Waals surface area contributed by atoms with Crippen LogP contribution in [0.25, 0.3) is 0 Å². The van der Waals surface area contributed by atoms with Crippen LogP contribution in [0, 0.1) is 12.7 Å². The van der Waals surface area contributed by atoms with Crippen LogP contribution in [0.1, 0.15) is 23.0 Å². The molecule has 3 rings (SSSR count). The molecule has 1 aromatic carbocycles. The average Bonchev–Trinajstić information content (AvgIpc) is 3.03. The zero-order valence-corrected chi connectivity index (χ0v) is 16.4. The lowest BCUT2D eigenvalue weighted by Crippen LogP contribution is -2.19. The summed E-state index contributed by atoms with van der Waals surface area (Å²) in [5, 5.41) is 13.5. The van der Waals surface area contributed by atoms with E-state index in [0.717, 1.165) is 11.5 Å². The molecule has 1 amide bonds. The molecule has 9 heteroatoms. The van der Waals surface area contributed by atoms with Crippen molar-refractivity contribution in [2.45, 2.75) is 20.4 Å². The molecule has 28 heavy (non-hydrogen) atoms. The van der Waals surface area contributed by atoms with E-state index in [-0.39, 0.29) is 5.91 Å². The summed E-state index contributed by atoms with van der Waals surface area (Å²) in [5.74, 6) is 0.506. The van der Waals surface area contributed by atoms with Crippen LogP contribution in [0.5, 0.6) is 0 Å². The zero-order valence-electron chi connectivity index (χ0n) is 15.7. The highest BCUT2D eigenvalue weighted by molar-refractivity contribution is 6.33. The second-order valence-electron chi connectivity index (χ2n) is 6.06. The average molecular weight is 403 g/mol. The van der Waals surface area contributed by atoms with Crippen LogP contribution in [-0.4, -0.2) is 27.7 Å². The fourth-order valence-corrected chi connectivity index (χ4v) is 2.87. The van der Waals surface area contributed by atoms with Crippen LogP contribution < -0.4 is 16.0 Å². The highest BCUT2D eigenvalue weighted by atomic mass is 35.5. The van der Waals surface area contributed by atoms with Gasteiger partial charge in [0.15, 0.2) is 0 Å². The van der Waals surface area contributed by atoms with Crippen molar-refractivity contribution in [2.75, 3.05) is 17.7 Å². The van der Waals surface area contributed by atoms with Gasteiger partial charge in [0.2, 0.25) is 0 Å². The third-order valence-electron chi connectivity index (χ3n) is 4.04. The molecule has 2 aromatic heterocycles. The molecule has 146 valence electrons. The van der Waals surface area contributed by atoms with Gasteiger partial charge in [0.25, 0.3) is 5.91 Å². The summed E-state index contributed by atoms with van der Waals surface area (Å²) in [5.41, 5.74) is 1.96. The normalized spacial score (nSPS) is 10.6. The molecule has 0 bridgehead atoms. The molecule has 0 fully saturated rings. The summed E-state index contributed by atoms with van der Waals surface area (Å²) in [6, 6.07) is 7.47. The first-order valence-electron chi connectivity index (χ1n) is 8.67. The van der Waals surface area contributed by atoms with Gasteiger partial charge in [-0.2, -0.15) is 5.10 Å². The first-order chi connectivity index (χ1) is 13.4. The first kappa shape index (κ1) is 19.6. The molecule has 0 aliphatic heterocycles. The second kappa shape index (κ2) is 8.26. The van der Waals surface area contributed by atoms with Gasteiger partial charge in [-0.1, -0.05) is 11.6 Å². The van der Waals surface area contributed by atoms with Gasteiger partial charge in [0, 0.05) is 25.7 Å². The Bertz CT molecular complexity index is 1020. The third kappa shape index (κ3) is 4.23. The number of nitrogens with zero attached hydrogens (tertiary/aromatic N) is 3. The molecule has 0 aliphatic rings. The molecule has 2 heterocycles. The Morgan fingerprint density at radius 1 is 1.21 bits per heavy atom. The lowest BCUT2D eigenvalue weighted by molar-refractivity contribution is 0.0964. The maximum absolute atomic E-state index is 13.7. The largest absolute Gasteiger partial charge is 0.355 e. The van der Waals surface area contributed by atoms with Crippen molar-refractivity contribution in [3.63, 3.8) is 0 Å². The van der Waals surface area contributed by atoms with E-state index in [4.69, 9.17) is 11.6 Å². The predicted octanol–water partition coefficient (Wildman–Crippen LogP) is 4.25. The van der Waals surface area contributed by atoms with E-state index in [1.807, 2.05) is 24.6 Å². The molecule has 0 atom stereocenters. The van der Waals surface area contributed by atoms with Crippen LogP contribution in [0.3, 0.4) is 0 Å². The molecular weight excluding hydrogens is 383 g/mol. The Kier molecular flexibility index (Phi) is 5.79.